The molecule has 21 heavy (non-hydrogen) atoms. The van der Waals surface area contributed by atoms with Crippen molar-refractivity contribution >= 4 is 23.1 Å². The first-order valence-corrected chi connectivity index (χ1v) is 8.06. The summed E-state index contributed by atoms with van der Waals surface area (Å²) in [6, 6.07) is 5.98. The molecule has 0 N–H and O–H groups in total. The van der Waals surface area contributed by atoms with E-state index in [0.29, 0.717) is 17.3 Å². The zero-order valence-electron chi connectivity index (χ0n) is 11.4. The maximum Gasteiger partial charge on any atom is 0.247 e. The van der Waals surface area contributed by atoms with Crippen LogP contribution >= 0.6 is 23.1 Å². The highest BCUT2D eigenvalue weighted by Crippen LogP contribution is 2.36. The number of rotatable bonds is 4. The highest BCUT2D eigenvalue weighted by Gasteiger charge is 2.17. The van der Waals surface area contributed by atoms with Crippen LogP contribution in [-0.4, -0.2) is 15.2 Å². The van der Waals surface area contributed by atoms with Gasteiger partial charge in [0.1, 0.15) is 5.82 Å². The third-order valence-electron chi connectivity index (χ3n) is 2.76. The standard InChI is InChI=1S/C14H12FN3OS2/c1-8-7-20-14(16-8)21-9(2)12-17-18-13(19-12)10-3-5-11(15)6-4-10/h3-7,9H,1-2H3/t9-/m0/s1. The second kappa shape index (κ2) is 5.95. The fourth-order valence-electron chi connectivity index (χ4n) is 1.70. The molecule has 4 nitrogen and oxygen atoms in total. The van der Waals surface area contributed by atoms with Crippen molar-refractivity contribution in [2.45, 2.75) is 23.4 Å². The number of benzene rings is 1. The van der Waals surface area contributed by atoms with E-state index in [0.717, 1.165) is 10.0 Å². The van der Waals surface area contributed by atoms with E-state index in [1.54, 1.807) is 35.2 Å². The van der Waals surface area contributed by atoms with Crippen molar-refractivity contribution in [2.75, 3.05) is 0 Å². The smallest absolute Gasteiger partial charge is 0.247 e. The number of thioether (sulfide) groups is 1. The lowest BCUT2D eigenvalue weighted by Gasteiger charge is -2.02. The fourth-order valence-corrected chi connectivity index (χ4v) is 3.71. The first kappa shape index (κ1) is 14.2. The second-order valence-electron chi connectivity index (χ2n) is 4.47. The van der Waals surface area contributed by atoms with Crippen LogP contribution in [0, 0.1) is 12.7 Å². The Balaban J connectivity index is 1.76. The molecule has 0 amide bonds. The Morgan fingerprint density at radius 1 is 1.24 bits per heavy atom. The molecule has 2 heterocycles. The summed E-state index contributed by atoms with van der Waals surface area (Å²) in [5.41, 5.74) is 1.71. The molecule has 3 aromatic rings. The van der Waals surface area contributed by atoms with Gasteiger partial charge in [0.05, 0.1) is 5.25 Å². The zero-order valence-corrected chi connectivity index (χ0v) is 13.0. The summed E-state index contributed by atoms with van der Waals surface area (Å²) >= 11 is 3.18. The number of aryl methyl sites for hydroxylation is 1. The predicted molar refractivity (Wildman–Crippen MR) is 80.8 cm³/mol. The minimum atomic E-state index is -0.290. The summed E-state index contributed by atoms with van der Waals surface area (Å²) in [5, 5.41) is 10.1. The van der Waals surface area contributed by atoms with Gasteiger partial charge in [-0.3, -0.25) is 0 Å². The van der Waals surface area contributed by atoms with Crippen LogP contribution < -0.4 is 0 Å². The molecular weight excluding hydrogens is 309 g/mol. The van der Waals surface area contributed by atoms with Crippen LogP contribution in [0.3, 0.4) is 0 Å². The molecule has 0 saturated heterocycles. The molecule has 1 atom stereocenters. The number of halogens is 1. The van der Waals surface area contributed by atoms with Crippen molar-refractivity contribution < 1.29 is 8.81 Å². The lowest BCUT2D eigenvalue weighted by atomic mass is 10.2. The molecule has 0 spiro atoms. The Morgan fingerprint density at radius 2 is 2.00 bits per heavy atom. The second-order valence-corrected chi connectivity index (χ2v) is 6.91. The summed E-state index contributed by atoms with van der Waals surface area (Å²) in [7, 11) is 0. The van der Waals surface area contributed by atoms with Gasteiger partial charge in [0.15, 0.2) is 4.34 Å². The molecule has 7 heteroatoms. The van der Waals surface area contributed by atoms with Crippen LogP contribution in [0.5, 0.6) is 0 Å². The summed E-state index contributed by atoms with van der Waals surface area (Å²) in [6.45, 7) is 3.95. The van der Waals surface area contributed by atoms with Crippen LogP contribution in [-0.2, 0) is 0 Å². The summed E-state index contributed by atoms with van der Waals surface area (Å²) in [6.07, 6.45) is 0. The Bertz CT molecular complexity index is 739. The van der Waals surface area contributed by atoms with E-state index in [-0.39, 0.29) is 11.1 Å². The lowest BCUT2D eigenvalue weighted by molar-refractivity contribution is 0.509. The summed E-state index contributed by atoms with van der Waals surface area (Å²) in [4.78, 5) is 4.40. The normalized spacial score (nSPS) is 12.5. The summed E-state index contributed by atoms with van der Waals surface area (Å²) in [5.74, 6) is 0.640. The predicted octanol–water partition coefficient (Wildman–Crippen LogP) is 4.49. The van der Waals surface area contributed by atoms with E-state index in [2.05, 4.69) is 15.2 Å². The minimum absolute atomic E-state index is 0.0113. The van der Waals surface area contributed by atoms with E-state index in [9.17, 15) is 4.39 Å². The van der Waals surface area contributed by atoms with E-state index < -0.39 is 0 Å². The highest BCUT2D eigenvalue weighted by atomic mass is 32.2. The average molecular weight is 321 g/mol. The van der Waals surface area contributed by atoms with Gasteiger partial charge in [-0.15, -0.1) is 21.5 Å². The number of hydrogen-bond donors (Lipinski definition) is 0. The first-order chi connectivity index (χ1) is 10.1. The van der Waals surface area contributed by atoms with Gasteiger partial charge in [0.2, 0.25) is 11.8 Å². The summed E-state index contributed by atoms with van der Waals surface area (Å²) < 4.78 is 19.5. The molecule has 0 fully saturated rings. The Kier molecular flexibility index (Phi) is 4.03. The van der Waals surface area contributed by atoms with Crippen LogP contribution in [0.15, 0.2) is 38.4 Å². The van der Waals surface area contributed by atoms with Gasteiger partial charge in [-0.05, 0) is 38.1 Å². The third-order valence-corrected chi connectivity index (χ3v) is 4.93. The molecule has 108 valence electrons. The number of nitrogens with zero attached hydrogens (tertiary/aromatic N) is 3. The van der Waals surface area contributed by atoms with E-state index >= 15 is 0 Å². The van der Waals surface area contributed by atoms with Gasteiger partial charge < -0.3 is 4.42 Å². The highest BCUT2D eigenvalue weighted by molar-refractivity contribution is 8.01. The van der Waals surface area contributed by atoms with Gasteiger partial charge in [-0.25, -0.2) is 9.37 Å². The van der Waals surface area contributed by atoms with Crippen LogP contribution in [0.1, 0.15) is 23.8 Å². The van der Waals surface area contributed by atoms with E-state index in [4.69, 9.17) is 4.42 Å². The maximum absolute atomic E-state index is 12.9. The number of thiazole rings is 1. The third kappa shape index (κ3) is 3.30. The molecule has 1 aromatic carbocycles. The minimum Gasteiger partial charge on any atom is -0.419 e. The molecule has 0 bridgehead atoms. The number of hydrogen-bond acceptors (Lipinski definition) is 6. The van der Waals surface area contributed by atoms with E-state index in [1.165, 1.54) is 12.1 Å². The molecule has 0 aliphatic carbocycles. The topological polar surface area (TPSA) is 51.8 Å². The van der Waals surface area contributed by atoms with Crippen molar-refractivity contribution in [3.8, 4) is 11.5 Å². The molecular formula is C14H12FN3OS2. The van der Waals surface area contributed by atoms with Crippen LogP contribution in [0.4, 0.5) is 4.39 Å². The van der Waals surface area contributed by atoms with Crippen molar-refractivity contribution in [3.63, 3.8) is 0 Å². The van der Waals surface area contributed by atoms with Crippen molar-refractivity contribution in [1.82, 2.24) is 15.2 Å². The molecule has 0 aliphatic rings. The van der Waals surface area contributed by atoms with Crippen molar-refractivity contribution in [1.29, 1.82) is 0 Å². The number of aromatic nitrogens is 3. The lowest BCUT2D eigenvalue weighted by Crippen LogP contribution is -1.88. The maximum atomic E-state index is 12.9. The van der Waals surface area contributed by atoms with Gasteiger partial charge >= 0.3 is 0 Å². The van der Waals surface area contributed by atoms with Crippen molar-refractivity contribution in [3.05, 3.63) is 47.0 Å². The average Bonchev–Trinajstić information content (AvgIpc) is 3.09. The zero-order chi connectivity index (χ0) is 14.8. The first-order valence-electron chi connectivity index (χ1n) is 6.30. The molecule has 0 aliphatic heterocycles. The Hall–Kier alpha value is -1.73. The molecule has 2 aromatic heterocycles. The Labute approximate surface area is 129 Å². The fraction of sp³-hybridized carbons (Fsp3) is 0.214. The largest absolute Gasteiger partial charge is 0.419 e. The molecule has 0 radical (unpaired) electrons. The van der Waals surface area contributed by atoms with Gasteiger partial charge in [-0.2, -0.15) is 0 Å². The van der Waals surface area contributed by atoms with Crippen LogP contribution in [0.2, 0.25) is 0 Å². The van der Waals surface area contributed by atoms with Crippen LogP contribution in [0.25, 0.3) is 11.5 Å². The van der Waals surface area contributed by atoms with Crippen molar-refractivity contribution in [2.24, 2.45) is 0 Å². The SMILES string of the molecule is Cc1csc(S[C@@H](C)c2nnc(-c3ccc(F)cc3)o2)n1. The van der Waals surface area contributed by atoms with Gasteiger partial charge in [0.25, 0.3) is 0 Å². The monoisotopic (exact) mass is 321 g/mol. The molecule has 3 rings (SSSR count). The quantitative estimate of drug-likeness (QED) is 0.662. The molecule has 0 unspecified atom stereocenters. The molecule has 0 saturated carbocycles. The van der Waals surface area contributed by atoms with Gasteiger partial charge in [0, 0.05) is 16.6 Å². The Morgan fingerprint density at radius 3 is 2.67 bits per heavy atom. The van der Waals surface area contributed by atoms with E-state index in [1.807, 2.05) is 19.2 Å². The van der Waals surface area contributed by atoms with Gasteiger partial charge in [-0.1, -0.05) is 11.8 Å².